The van der Waals surface area contributed by atoms with Crippen LogP contribution in [0.25, 0.3) is 21.8 Å². The summed E-state index contributed by atoms with van der Waals surface area (Å²) in [7, 11) is -3.95. The molecule has 8 nitrogen and oxygen atoms in total. The van der Waals surface area contributed by atoms with Gasteiger partial charge in [0.05, 0.1) is 17.2 Å². The Morgan fingerprint density at radius 1 is 0.868 bits per heavy atom. The van der Waals surface area contributed by atoms with E-state index in [2.05, 4.69) is 10.5 Å². The summed E-state index contributed by atoms with van der Waals surface area (Å²) in [6.07, 6.45) is 1.44. The minimum Gasteiger partial charge on any atom is -0.379 e. The lowest BCUT2D eigenvalue weighted by Gasteiger charge is -2.14. The van der Waals surface area contributed by atoms with Gasteiger partial charge in [0, 0.05) is 10.8 Å². The van der Waals surface area contributed by atoms with Crippen LogP contribution in [0.3, 0.4) is 0 Å². The van der Waals surface area contributed by atoms with Gasteiger partial charge in [-0.3, -0.25) is 9.59 Å². The maximum atomic E-state index is 12.9. The summed E-state index contributed by atoms with van der Waals surface area (Å²) in [5.74, 6) is -0.215. The number of fused-ring (bicyclic) bond motifs is 2. The van der Waals surface area contributed by atoms with E-state index in [4.69, 9.17) is 4.18 Å². The molecule has 0 unspecified atom stereocenters. The van der Waals surface area contributed by atoms with E-state index in [0.717, 1.165) is 5.56 Å². The maximum absolute atomic E-state index is 12.9. The predicted octanol–water partition coefficient (Wildman–Crippen LogP) is 4.38. The number of hydrogen-bond donors (Lipinski definition) is 1. The van der Waals surface area contributed by atoms with Gasteiger partial charge < -0.3 is 8.75 Å². The van der Waals surface area contributed by atoms with Crippen LogP contribution in [-0.2, 0) is 21.5 Å². The van der Waals surface area contributed by atoms with Gasteiger partial charge in [-0.15, -0.1) is 0 Å². The van der Waals surface area contributed by atoms with Gasteiger partial charge in [-0.05, 0) is 73.2 Å². The molecule has 5 rings (SSSR count). The van der Waals surface area contributed by atoms with Crippen molar-refractivity contribution < 1.29 is 17.4 Å². The van der Waals surface area contributed by atoms with Crippen molar-refractivity contribution >= 4 is 44.0 Å². The van der Waals surface area contributed by atoms with Crippen LogP contribution in [0, 0.1) is 6.92 Å². The van der Waals surface area contributed by atoms with Crippen molar-refractivity contribution in [2.24, 2.45) is 5.10 Å². The van der Waals surface area contributed by atoms with Gasteiger partial charge in [-0.25, -0.2) is 5.43 Å². The molecular formula is C29H23N3O5S. The number of aryl methyl sites for hydroxylation is 1. The van der Waals surface area contributed by atoms with Gasteiger partial charge in [0.15, 0.2) is 5.43 Å². The first-order valence-electron chi connectivity index (χ1n) is 11.8. The topological polar surface area (TPSA) is 107 Å². The lowest BCUT2D eigenvalue weighted by Crippen LogP contribution is -2.25. The molecule has 0 aliphatic carbocycles. The Kier molecular flexibility index (Phi) is 6.76. The third-order valence-electron chi connectivity index (χ3n) is 5.98. The molecule has 0 aliphatic rings. The molecule has 0 aliphatic heterocycles. The van der Waals surface area contributed by atoms with E-state index >= 15 is 0 Å². The second kappa shape index (κ2) is 10.3. The third kappa shape index (κ3) is 5.18. The van der Waals surface area contributed by atoms with Gasteiger partial charge in [-0.2, -0.15) is 13.5 Å². The number of para-hydroxylation sites is 2. The summed E-state index contributed by atoms with van der Waals surface area (Å²) in [5.41, 5.74) is 5.32. The van der Waals surface area contributed by atoms with Crippen LogP contribution in [0.5, 0.6) is 5.75 Å². The van der Waals surface area contributed by atoms with Crippen molar-refractivity contribution in [2.75, 3.05) is 0 Å². The summed E-state index contributed by atoms with van der Waals surface area (Å²) < 4.78 is 31.9. The molecule has 1 amide bonds. The Hall–Kier alpha value is -4.76. The minimum absolute atomic E-state index is 0.0394. The Morgan fingerprint density at radius 2 is 1.45 bits per heavy atom. The second-order valence-electron chi connectivity index (χ2n) is 8.66. The van der Waals surface area contributed by atoms with E-state index in [1.165, 1.54) is 30.5 Å². The number of aromatic nitrogens is 1. The molecule has 38 heavy (non-hydrogen) atoms. The SMILES string of the molecule is Cc1ccc(S(=O)(=O)Oc2ccc(/C=N\NC(=O)Cn3c4ccccc4c(=O)c4ccccc43)cc2)cc1. The Balaban J connectivity index is 1.27. The van der Waals surface area contributed by atoms with Crippen LogP contribution in [0.2, 0.25) is 0 Å². The van der Waals surface area contributed by atoms with Crippen LogP contribution in [0.15, 0.2) is 112 Å². The van der Waals surface area contributed by atoms with Crippen LogP contribution in [-0.4, -0.2) is 25.1 Å². The molecule has 0 radical (unpaired) electrons. The summed E-state index contributed by atoms with van der Waals surface area (Å²) in [4.78, 5) is 25.7. The molecule has 0 bridgehead atoms. The normalized spacial score (nSPS) is 11.7. The minimum atomic E-state index is -3.95. The van der Waals surface area contributed by atoms with Gasteiger partial charge in [0.25, 0.3) is 5.91 Å². The summed E-state index contributed by atoms with van der Waals surface area (Å²) in [6.45, 7) is 1.83. The lowest BCUT2D eigenvalue weighted by atomic mass is 10.1. The number of carbonyl (C=O) groups is 1. The predicted molar refractivity (Wildman–Crippen MR) is 147 cm³/mol. The monoisotopic (exact) mass is 525 g/mol. The fraction of sp³-hybridized carbons (Fsp3) is 0.0690. The molecule has 1 aromatic heterocycles. The highest BCUT2D eigenvalue weighted by Gasteiger charge is 2.16. The zero-order valence-corrected chi connectivity index (χ0v) is 21.2. The largest absolute Gasteiger partial charge is 0.379 e. The smallest absolute Gasteiger partial charge is 0.339 e. The summed E-state index contributed by atoms with van der Waals surface area (Å²) in [5, 5.41) is 5.09. The fourth-order valence-electron chi connectivity index (χ4n) is 4.09. The standard InChI is InChI=1S/C29H23N3O5S/c1-20-10-16-23(17-11-20)38(35,36)37-22-14-12-21(13-15-22)18-30-31-28(33)19-32-26-8-4-2-6-24(26)29(34)25-7-3-5-9-27(25)32/h2-18H,19H2,1H3,(H,31,33)/b30-18-. The summed E-state index contributed by atoms with van der Waals surface area (Å²) in [6, 6.07) is 27.0. The number of hydrazone groups is 1. The molecule has 190 valence electrons. The highest BCUT2D eigenvalue weighted by atomic mass is 32.2. The summed E-state index contributed by atoms with van der Waals surface area (Å²) >= 11 is 0. The molecule has 1 N–H and O–H groups in total. The fourth-order valence-corrected chi connectivity index (χ4v) is 5.02. The molecule has 0 atom stereocenters. The Morgan fingerprint density at radius 3 is 2.05 bits per heavy atom. The van der Waals surface area contributed by atoms with Crippen molar-refractivity contribution in [3.8, 4) is 5.75 Å². The Bertz CT molecular complexity index is 1780. The molecule has 1 heterocycles. The number of nitrogens with zero attached hydrogens (tertiary/aromatic N) is 2. The molecular weight excluding hydrogens is 502 g/mol. The van der Waals surface area contributed by atoms with E-state index in [1.54, 1.807) is 53.1 Å². The van der Waals surface area contributed by atoms with Crippen molar-refractivity contribution in [3.63, 3.8) is 0 Å². The number of benzene rings is 4. The van der Waals surface area contributed by atoms with Gasteiger partial charge in [-0.1, -0.05) is 42.0 Å². The van der Waals surface area contributed by atoms with Gasteiger partial charge >= 0.3 is 10.1 Å². The van der Waals surface area contributed by atoms with E-state index < -0.39 is 10.1 Å². The molecule has 0 saturated carbocycles. The molecule has 9 heteroatoms. The first-order valence-corrected chi connectivity index (χ1v) is 13.2. The molecule has 0 fully saturated rings. The number of nitrogens with one attached hydrogen (secondary N) is 1. The van der Waals surface area contributed by atoms with E-state index in [1.807, 2.05) is 31.2 Å². The van der Waals surface area contributed by atoms with Crippen LogP contribution in [0.4, 0.5) is 0 Å². The lowest BCUT2D eigenvalue weighted by molar-refractivity contribution is -0.121. The van der Waals surface area contributed by atoms with E-state index in [0.29, 0.717) is 27.4 Å². The average molecular weight is 526 g/mol. The first kappa shape index (κ1) is 24.9. The van der Waals surface area contributed by atoms with Gasteiger partial charge in [0.2, 0.25) is 0 Å². The quantitative estimate of drug-likeness (QED) is 0.147. The van der Waals surface area contributed by atoms with E-state index in [-0.39, 0.29) is 28.5 Å². The van der Waals surface area contributed by atoms with Crippen molar-refractivity contribution in [1.29, 1.82) is 0 Å². The average Bonchev–Trinajstić information content (AvgIpc) is 2.92. The number of carbonyl (C=O) groups excluding carboxylic acids is 1. The molecule has 5 aromatic rings. The van der Waals surface area contributed by atoms with Crippen molar-refractivity contribution in [1.82, 2.24) is 9.99 Å². The van der Waals surface area contributed by atoms with Gasteiger partial charge in [0.1, 0.15) is 17.2 Å². The molecule has 0 spiro atoms. The zero-order chi connectivity index (χ0) is 26.7. The van der Waals surface area contributed by atoms with Crippen molar-refractivity contribution in [2.45, 2.75) is 18.4 Å². The Labute approximate surface area is 218 Å². The number of pyridine rings is 1. The number of hydrogen-bond acceptors (Lipinski definition) is 6. The molecule has 0 saturated heterocycles. The van der Waals surface area contributed by atoms with Crippen LogP contribution < -0.4 is 15.0 Å². The first-order chi connectivity index (χ1) is 18.3. The zero-order valence-electron chi connectivity index (χ0n) is 20.4. The van der Waals surface area contributed by atoms with Crippen LogP contribution in [0.1, 0.15) is 11.1 Å². The third-order valence-corrected chi connectivity index (χ3v) is 7.24. The van der Waals surface area contributed by atoms with Crippen LogP contribution >= 0.6 is 0 Å². The number of amides is 1. The highest BCUT2D eigenvalue weighted by molar-refractivity contribution is 7.87. The molecule has 4 aromatic carbocycles. The second-order valence-corrected chi connectivity index (χ2v) is 10.2. The highest BCUT2D eigenvalue weighted by Crippen LogP contribution is 2.20. The van der Waals surface area contributed by atoms with Crippen molar-refractivity contribution in [3.05, 3.63) is 118 Å². The maximum Gasteiger partial charge on any atom is 0.339 e. The van der Waals surface area contributed by atoms with E-state index in [9.17, 15) is 18.0 Å². The number of rotatable bonds is 7.